The third-order valence-corrected chi connectivity index (χ3v) is 3.23. The summed E-state index contributed by atoms with van der Waals surface area (Å²) in [6.45, 7) is 4.88. The lowest BCUT2D eigenvalue weighted by molar-refractivity contribution is 0.0532. The molecule has 0 saturated carbocycles. The first-order valence-corrected chi connectivity index (χ1v) is 6.03. The van der Waals surface area contributed by atoms with Crippen molar-refractivity contribution in [3.8, 4) is 0 Å². The van der Waals surface area contributed by atoms with Crippen molar-refractivity contribution in [2.45, 2.75) is 13.0 Å². The van der Waals surface area contributed by atoms with Crippen LogP contribution in [-0.4, -0.2) is 30.8 Å². The number of pyridine rings is 1. The normalized spacial score (nSPS) is 20.8. The minimum absolute atomic E-state index is 0.317. The summed E-state index contributed by atoms with van der Waals surface area (Å²) in [6, 6.07) is 8.59. The van der Waals surface area contributed by atoms with Crippen molar-refractivity contribution >= 4 is 16.5 Å². The van der Waals surface area contributed by atoms with E-state index in [0.717, 1.165) is 19.7 Å². The maximum absolute atomic E-state index is 5.57. The zero-order chi connectivity index (χ0) is 11.7. The van der Waals surface area contributed by atoms with Crippen LogP contribution in [-0.2, 0) is 4.74 Å². The molecular weight excluding hydrogens is 212 g/mol. The van der Waals surface area contributed by atoms with Crippen LogP contribution in [0.25, 0.3) is 10.8 Å². The van der Waals surface area contributed by atoms with E-state index in [0.29, 0.717) is 6.10 Å². The van der Waals surface area contributed by atoms with E-state index in [2.05, 4.69) is 41.1 Å². The van der Waals surface area contributed by atoms with Crippen molar-refractivity contribution in [1.29, 1.82) is 0 Å². The lowest BCUT2D eigenvalue weighted by atomic mass is 10.1. The number of nitrogens with zero attached hydrogens (tertiary/aromatic N) is 2. The van der Waals surface area contributed by atoms with Gasteiger partial charge < -0.3 is 9.64 Å². The Labute approximate surface area is 101 Å². The first kappa shape index (κ1) is 10.5. The molecule has 2 aromatic rings. The van der Waals surface area contributed by atoms with Crippen molar-refractivity contribution in [2.75, 3.05) is 24.6 Å². The molecule has 1 aromatic carbocycles. The summed E-state index contributed by atoms with van der Waals surface area (Å²) in [5.74, 6) is 0. The van der Waals surface area contributed by atoms with Gasteiger partial charge in [-0.15, -0.1) is 0 Å². The maximum atomic E-state index is 5.57. The predicted octanol–water partition coefficient (Wildman–Crippen LogP) is 2.46. The largest absolute Gasteiger partial charge is 0.375 e. The van der Waals surface area contributed by atoms with E-state index < -0.39 is 0 Å². The summed E-state index contributed by atoms with van der Waals surface area (Å²) >= 11 is 0. The molecule has 17 heavy (non-hydrogen) atoms. The fourth-order valence-corrected chi connectivity index (χ4v) is 2.32. The molecule has 3 heteroatoms. The molecule has 1 aromatic heterocycles. The highest BCUT2D eigenvalue weighted by atomic mass is 16.5. The predicted molar refractivity (Wildman–Crippen MR) is 69.4 cm³/mol. The molecule has 0 spiro atoms. The van der Waals surface area contributed by atoms with Gasteiger partial charge in [0.15, 0.2) is 0 Å². The Hall–Kier alpha value is -1.61. The number of anilines is 1. The fraction of sp³-hybridized carbons (Fsp3) is 0.357. The van der Waals surface area contributed by atoms with Crippen LogP contribution in [0, 0.1) is 0 Å². The van der Waals surface area contributed by atoms with Crippen LogP contribution in [0.3, 0.4) is 0 Å². The minimum Gasteiger partial charge on any atom is -0.375 e. The van der Waals surface area contributed by atoms with Gasteiger partial charge in [0, 0.05) is 36.6 Å². The molecule has 3 rings (SSSR count). The molecule has 1 aliphatic heterocycles. The Morgan fingerprint density at radius 3 is 3.12 bits per heavy atom. The van der Waals surface area contributed by atoms with E-state index in [4.69, 9.17) is 4.74 Å². The fourth-order valence-electron chi connectivity index (χ4n) is 2.32. The third-order valence-electron chi connectivity index (χ3n) is 3.23. The molecule has 0 radical (unpaired) electrons. The lowest BCUT2D eigenvalue weighted by Gasteiger charge is -2.33. The summed E-state index contributed by atoms with van der Waals surface area (Å²) in [5.41, 5.74) is 1.28. The van der Waals surface area contributed by atoms with Gasteiger partial charge in [-0.1, -0.05) is 6.07 Å². The number of ether oxygens (including phenoxy) is 1. The van der Waals surface area contributed by atoms with Gasteiger partial charge >= 0.3 is 0 Å². The third kappa shape index (κ3) is 2.11. The first-order chi connectivity index (χ1) is 8.33. The number of hydrogen-bond acceptors (Lipinski definition) is 3. The molecule has 3 nitrogen and oxygen atoms in total. The molecule has 1 aliphatic rings. The molecule has 1 unspecified atom stereocenters. The van der Waals surface area contributed by atoms with E-state index in [9.17, 15) is 0 Å². The number of morpholine rings is 1. The van der Waals surface area contributed by atoms with Gasteiger partial charge in [0.05, 0.1) is 12.7 Å². The Morgan fingerprint density at radius 1 is 1.29 bits per heavy atom. The summed E-state index contributed by atoms with van der Waals surface area (Å²) in [4.78, 5) is 6.52. The zero-order valence-corrected chi connectivity index (χ0v) is 9.97. The number of benzene rings is 1. The number of hydrogen-bond donors (Lipinski definition) is 0. The molecule has 1 atom stereocenters. The van der Waals surface area contributed by atoms with E-state index in [1.165, 1.54) is 16.5 Å². The second-order valence-corrected chi connectivity index (χ2v) is 4.53. The van der Waals surface area contributed by atoms with E-state index in [1.807, 2.05) is 12.4 Å². The van der Waals surface area contributed by atoms with Crippen molar-refractivity contribution in [1.82, 2.24) is 4.98 Å². The average Bonchev–Trinajstić information content (AvgIpc) is 2.38. The first-order valence-electron chi connectivity index (χ1n) is 6.03. The Bertz CT molecular complexity index is 526. The average molecular weight is 228 g/mol. The van der Waals surface area contributed by atoms with Crippen molar-refractivity contribution in [2.24, 2.45) is 0 Å². The van der Waals surface area contributed by atoms with Crippen molar-refractivity contribution in [3.63, 3.8) is 0 Å². The van der Waals surface area contributed by atoms with Crippen LogP contribution in [0.4, 0.5) is 5.69 Å². The Kier molecular flexibility index (Phi) is 2.69. The van der Waals surface area contributed by atoms with Crippen LogP contribution in [0.15, 0.2) is 36.7 Å². The summed E-state index contributed by atoms with van der Waals surface area (Å²) in [5, 5.41) is 2.44. The zero-order valence-electron chi connectivity index (χ0n) is 9.97. The quantitative estimate of drug-likeness (QED) is 0.749. The topological polar surface area (TPSA) is 25.4 Å². The van der Waals surface area contributed by atoms with Gasteiger partial charge in [-0.2, -0.15) is 0 Å². The monoisotopic (exact) mass is 228 g/mol. The highest BCUT2D eigenvalue weighted by Crippen LogP contribution is 2.23. The van der Waals surface area contributed by atoms with Gasteiger partial charge in [0.25, 0.3) is 0 Å². The maximum Gasteiger partial charge on any atom is 0.0722 e. The van der Waals surface area contributed by atoms with Crippen LogP contribution >= 0.6 is 0 Å². The molecule has 0 aliphatic carbocycles. The Balaban J connectivity index is 1.94. The van der Waals surface area contributed by atoms with Gasteiger partial charge in [0.1, 0.15) is 0 Å². The van der Waals surface area contributed by atoms with E-state index in [-0.39, 0.29) is 0 Å². The SMILES string of the molecule is CC1CN(c2ccc3cnccc3c2)CCO1. The van der Waals surface area contributed by atoms with E-state index in [1.54, 1.807) is 0 Å². The standard InChI is InChI=1S/C14H16N2O/c1-11-10-16(6-7-17-11)14-3-2-13-9-15-5-4-12(13)8-14/h2-5,8-9,11H,6-7,10H2,1H3. The molecule has 0 bridgehead atoms. The van der Waals surface area contributed by atoms with Crippen LogP contribution in [0.1, 0.15) is 6.92 Å². The molecule has 1 fully saturated rings. The smallest absolute Gasteiger partial charge is 0.0722 e. The molecule has 1 saturated heterocycles. The van der Waals surface area contributed by atoms with Gasteiger partial charge in [0.2, 0.25) is 0 Å². The highest BCUT2D eigenvalue weighted by molar-refractivity contribution is 5.85. The van der Waals surface area contributed by atoms with Crippen molar-refractivity contribution < 1.29 is 4.74 Å². The Morgan fingerprint density at radius 2 is 2.24 bits per heavy atom. The second-order valence-electron chi connectivity index (χ2n) is 4.53. The summed E-state index contributed by atoms with van der Waals surface area (Å²) in [6.07, 6.45) is 4.06. The minimum atomic E-state index is 0.317. The molecular formula is C14H16N2O. The highest BCUT2D eigenvalue weighted by Gasteiger charge is 2.16. The van der Waals surface area contributed by atoms with Crippen molar-refractivity contribution in [3.05, 3.63) is 36.7 Å². The summed E-state index contributed by atoms with van der Waals surface area (Å²) < 4.78 is 5.57. The van der Waals surface area contributed by atoms with Crippen LogP contribution in [0.2, 0.25) is 0 Å². The van der Waals surface area contributed by atoms with Gasteiger partial charge in [-0.3, -0.25) is 4.98 Å². The van der Waals surface area contributed by atoms with Crippen LogP contribution < -0.4 is 4.90 Å². The molecule has 88 valence electrons. The van der Waals surface area contributed by atoms with Crippen LogP contribution in [0.5, 0.6) is 0 Å². The lowest BCUT2D eigenvalue weighted by Crippen LogP contribution is -2.41. The van der Waals surface area contributed by atoms with E-state index >= 15 is 0 Å². The van der Waals surface area contributed by atoms with Gasteiger partial charge in [-0.05, 0) is 30.5 Å². The molecule has 0 amide bonds. The van der Waals surface area contributed by atoms with Gasteiger partial charge in [-0.25, -0.2) is 0 Å². The molecule has 0 N–H and O–H groups in total. The molecule has 2 heterocycles. The second kappa shape index (κ2) is 4.34. The number of aromatic nitrogens is 1. The number of rotatable bonds is 1. The number of fused-ring (bicyclic) bond motifs is 1. The summed E-state index contributed by atoms with van der Waals surface area (Å²) in [7, 11) is 0.